The predicted molar refractivity (Wildman–Crippen MR) is 75.7 cm³/mol. The molecule has 2 rings (SSSR count). The average Bonchev–Trinajstić information content (AvgIpc) is 2.42. The van der Waals surface area contributed by atoms with Gasteiger partial charge < -0.3 is 14.6 Å². The van der Waals surface area contributed by atoms with E-state index in [1.807, 2.05) is 0 Å². The van der Waals surface area contributed by atoms with Crippen molar-refractivity contribution in [1.29, 1.82) is 0 Å². The molecule has 1 aliphatic heterocycles. The Morgan fingerprint density at radius 2 is 1.84 bits per heavy atom. The number of ether oxygens (including phenoxy) is 2. The number of benzene rings is 1. The summed E-state index contributed by atoms with van der Waals surface area (Å²) in [5, 5.41) is 8.92. The van der Waals surface area contributed by atoms with Gasteiger partial charge in [-0.15, -0.1) is 13.2 Å². The normalized spacial score (nSPS) is 16.9. The van der Waals surface area contributed by atoms with Gasteiger partial charge in [0.25, 0.3) is 0 Å². The molecule has 0 saturated carbocycles. The van der Waals surface area contributed by atoms with Gasteiger partial charge in [0.05, 0.1) is 5.57 Å². The summed E-state index contributed by atoms with van der Waals surface area (Å²) in [5.74, 6) is -2.88. The Balaban J connectivity index is 0.00000312. The van der Waals surface area contributed by atoms with Crippen molar-refractivity contribution in [3.63, 3.8) is 0 Å². The fraction of sp³-hybridized carbons (Fsp3) is 0.357. The molecular weight excluding hydrogens is 369 g/mol. The SMILES string of the molecule is CCc1cc(OC(F)(F)F)cc2c1O[C@@H](C(F)(F)F)C(C(=O)O)=C2.[NaH]. The van der Waals surface area contributed by atoms with Gasteiger partial charge >= 0.3 is 48.1 Å². The summed E-state index contributed by atoms with van der Waals surface area (Å²) in [4.78, 5) is 11.0. The quantitative estimate of drug-likeness (QED) is 0.646. The number of carbonyl (C=O) groups is 1. The standard InChI is InChI=1S/C14H10F6O4.Na.H/c1-2-6-3-8(24-14(18,19)20)4-7-5-9(12(21)22)11(13(15,16)17)23-10(6)7;;/h3-5,11H,2H2,1H3,(H,21,22);;/t11-;;/m1../s1. The first-order chi connectivity index (χ1) is 10.9. The first-order valence-electron chi connectivity index (χ1n) is 6.53. The molecule has 1 N–H and O–H groups in total. The van der Waals surface area contributed by atoms with Gasteiger partial charge in [-0.2, -0.15) is 13.2 Å². The fourth-order valence-corrected chi connectivity index (χ4v) is 2.23. The van der Waals surface area contributed by atoms with Crippen LogP contribution in [0, 0.1) is 0 Å². The molecule has 0 aliphatic carbocycles. The van der Waals surface area contributed by atoms with Gasteiger partial charge in [0.15, 0.2) is 0 Å². The third kappa shape index (κ3) is 5.05. The third-order valence-electron chi connectivity index (χ3n) is 3.16. The van der Waals surface area contributed by atoms with E-state index in [0.29, 0.717) is 6.08 Å². The molecule has 1 aromatic carbocycles. The van der Waals surface area contributed by atoms with E-state index in [9.17, 15) is 31.1 Å². The van der Waals surface area contributed by atoms with E-state index >= 15 is 0 Å². The Bertz CT molecular complexity index is 696. The predicted octanol–water partition coefficient (Wildman–Crippen LogP) is 3.29. The Labute approximate surface area is 159 Å². The number of hydrogen-bond donors (Lipinski definition) is 1. The van der Waals surface area contributed by atoms with Crippen molar-refractivity contribution in [2.24, 2.45) is 0 Å². The molecule has 4 nitrogen and oxygen atoms in total. The number of carboxylic acid groups (broad SMARTS) is 1. The van der Waals surface area contributed by atoms with Crippen molar-refractivity contribution in [2.45, 2.75) is 32.0 Å². The van der Waals surface area contributed by atoms with Gasteiger partial charge in [0.1, 0.15) is 11.5 Å². The van der Waals surface area contributed by atoms with Gasteiger partial charge in [0.2, 0.25) is 6.10 Å². The minimum absolute atomic E-state index is 0. The van der Waals surface area contributed by atoms with Crippen LogP contribution in [0.4, 0.5) is 26.3 Å². The number of hydrogen-bond acceptors (Lipinski definition) is 3. The molecule has 0 radical (unpaired) electrons. The van der Waals surface area contributed by atoms with Crippen molar-refractivity contribution in [2.75, 3.05) is 0 Å². The summed E-state index contributed by atoms with van der Waals surface area (Å²) in [6.45, 7) is 1.50. The van der Waals surface area contributed by atoms with E-state index in [1.54, 1.807) is 0 Å². The van der Waals surface area contributed by atoms with Crippen molar-refractivity contribution in [3.05, 3.63) is 28.8 Å². The van der Waals surface area contributed by atoms with Gasteiger partial charge in [-0.25, -0.2) is 4.79 Å². The van der Waals surface area contributed by atoms with Crippen LogP contribution in [0.3, 0.4) is 0 Å². The van der Waals surface area contributed by atoms with E-state index in [0.717, 1.165) is 12.1 Å². The molecule has 0 saturated heterocycles. The van der Waals surface area contributed by atoms with Gasteiger partial charge in [-0.05, 0) is 30.2 Å². The van der Waals surface area contributed by atoms with Crippen LogP contribution < -0.4 is 9.47 Å². The maximum atomic E-state index is 13.0. The number of halogens is 6. The molecule has 11 heteroatoms. The molecule has 0 bridgehead atoms. The topological polar surface area (TPSA) is 55.8 Å². The molecule has 25 heavy (non-hydrogen) atoms. The number of alkyl halides is 6. The Kier molecular flexibility index (Phi) is 6.47. The van der Waals surface area contributed by atoms with Gasteiger partial charge in [-0.3, -0.25) is 0 Å². The Hall–Kier alpha value is -1.39. The van der Waals surface area contributed by atoms with Crippen LogP contribution >= 0.6 is 0 Å². The van der Waals surface area contributed by atoms with Crippen LogP contribution in [-0.2, 0) is 11.2 Å². The zero-order valence-corrected chi connectivity index (χ0v) is 12.0. The second-order valence-electron chi connectivity index (χ2n) is 4.85. The molecule has 0 fully saturated rings. The van der Waals surface area contributed by atoms with Crippen LogP contribution in [0.1, 0.15) is 18.1 Å². The summed E-state index contributed by atoms with van der Waals surface area (Å²) in [7, 11) is 0. The third-order valence-corrected chi connectivity index (χ3v) is 3.16. The molecule has 1 aliphatic rings. The minimum atomic E-state index is -5.00. The summed E-state index contributed by atoms with van der Waals surface area (Å²) in [6.07, 6.45) is -12.0. The number of aliphatic carboxylic acids is 1. The second-order valence-corrected chi connectivity index (χ2v) is 4.85. The molecule has 1 aromatic rings. The molecule has 134 valence electrons. The zero-order chi connectivity index (χ0) is 18.3. The van der Waals surface area contributed by atoms with Crippen LogP contribution in [-0.4, -0.2) is 59.3 Å². The van der Waals surface area contributed by atoms with E-state index in [-0.39, 0.29) is 52.9 Å². The number of fused-ring (bicyclic) bond motifs is 1. The molecule has 0 amide bonds. The number of rotatable bonds is 3. The molecule has 0 spiro atoms. The summed E-state index contributed by atoms with van der Waals surface area (Å²) >= 11 is 0. The Morgan fingerprint density at radius 3 is 2.28 bits per heavy atom. The molecular formula is C14H11F6NaO4. The molecule has 1 heterocycles. The van der Waals surface area contributed by atoms with E-state index in [2.05, 4.69) is 4.74 Å². The average molecular weight is 380 g/mol. The van der Waals surface area contributed by atoms with Crippen molar-refractivity contribution in [3.8, 4) is 11.5 Å². The monoisotopic (exact) mass is 380 g/mol. The number of carboxylic acids is 1. The zero-order valence-electron chi connectivity index (χ0n) is 12.0. The first kappa shape index (κ1) is 21.7. The summed E-state index contributed by atoms with van der Waals surface area (Å²) in [5.41, 5.74) is -1.32. The maximum absolute atomic E-state index is 13.0. The molecule has 1 atom stereocenters. The van der Waals surface area contributed by atoms with Crippen molar-refractivity contribution in [1.82, 2.24) is 0 Å². The van der Waals surface area contributed by atoms with E-state index in [1.165, 1.54) is 6.92 Å². The van der Waals surface area contributed by atoms with Crippen molar-refractivity contribution >= 4 is 41.6 Å². The van der Waals surface area contributed by atoms with Crippen LogP contribution in [0.2, 0.25) is 0 Å². The van der Waals surface area contributed by atoms with Gasteiger partial charge in [-0.1, -0.05) is 6.92 Å². The summed E-state index contributed by atoms with van der Waals surface area (Å²) in [6, 6.07) is 1.68. The molecule has 0 unspecified atom stereocenters. The second kappa shape index (κ2) is 7.46. The van der Waals surface area contributed by atoms with Crippen LogP contribution in [0.5, 0.6) is 11.5 Å². The van der Waals surface area contributed by atoms with E-state index < -0.39 is 35.9 Å². The van der Waals surface area contributed by atoms with Gasteiger partial charge in [0, 0.05) is 5.56 Å². The van der Waals surface area contributed by atoms with E-state index in [4.69, 9.17) is 9.84 Å². The fourth-order valence-electron chi connectivity index (χ4n) is 2.23. The van der Waals surface area contributed by atoms with Crippen LogP contribution in [0.15, 0.2) is 17.7 Å². The van der Waals surface area contributed by atoms with Crippen molar-refractivity contribution < 1.29 is 45.7 Å². The first-order valence-corrected chi connectivity index (χ1v) is 6.53. The summed E-state index contributed by atoms with van der Waals surface area (Å²) < 4.78 is 84.4. The van der Waals surface area contributed by atoms with Crippen LogP contribution in [0.25, 0.3) is 6.08 Å². The molecule has 0 aromatic heterocycles. The number of aryl methyl sites for hydroxylation is 1. The Morgan fingerprint density at radius 1 is 1.24 bits per heavy atom.